The minimum Gasteiger partial charge on any atom is -0.369 e. The fourth-order valence-corrected chi connectivity index (χ4v) is 3.38. The minimum atomic E-state index is -4.26. The van der Waals surface area contributed by atoms with Crippen LogP contribution in [0.15, 0.2) is 23.1 Å². The molecule has 1 aromatic rings. The lowest BCUT2D eigenvalue weighted by atomic mass is 10.2. The molecule has 8 nitrogen and oxygen atoms in total. The molecule has 0 bridgehead atoms. The molecule has 0 atom stereocenters. The third-order valence-electron chi connectivity index (χ3n) is 2.34. The summed E-state index contributed by atoms with van der Waals surface area (Å²) in [5.74, 6) is -1.91. The molecule has 0 saturated carbocycles. The number of halogens is 1. The summed E-state index contributed by atoms with van der Waals surface area (Å²) in [7, 11) is -4.26. The third-order valence-corrected chi connectivity index (χ3v) is 4.62. The van der Waals surface area contributed by atoms with Crippen LogP contribution in [0, 0.1) is 11.3 Å². The predicted molar refractivity (Wildman–Crippen MR) is 73.3 cm³/mol. The van der Waals surface area contributed by atoms with E-state index in [4.69, 9.17) is 28.3 Å². The van der Waals surface area contributed by atoms with Gasteiger partial charge in [-0.15, -0.1) is 0 Å². The number of sulfonamides is 1. The lowest BCUT2D eigenvalue weighted by Gasteiger charge is -2.19. The molecule has 10 heteroatoms. The van der Waals surface area contributed by atoms with Gasteiger partial charge >= 0.3 is 0 Å². The molecule has 0 radical (unpaired) electrons. The summed E-state index contributed by atoms with van der Waals surface area (Å²) in [5, 5.41) is 8.50. The first-order valence-corrected chi connectivity index (χ1v) is 7.26. The molecule has 112 valence electrons. The Hall–Kier alpha value is -2.15. The number of hydrogen-bond acceptors (Lipinski definition) is 5. The number of hydrogen-bond donors (Lipinski definition) is 2. The molecule has 2 amide bonds. The highest BCUT2D eigenvalue weighted by atomic mass is 35.5. The molecule has 21 heavy (non-hydrogen) atoms. The monoisotopic (exact) mass is 330 g/mol. The number of carbonyl (C=O) groups excluding carboxylic acids is 2. The van der Waals surface area contributed by atoms with E-state index in [1.807, 2.05) is 0 Å². The van der Waals surface area contributed by atoms with Crippen LogP contribution < -0.4 is 11.5 Å². The zero-order valence-corrected chi connectivity index (χ0v) is 12.2. The molecule has 0 spiro atoms. The van der Waals surface area contributed by atoms with Crippen LogP contribution in [0.25, 0.3) is 0 Å². The van der Waals surface area contributed by atoms with Crippen molar-refractivity contribution in [3.8, 4) is 6.07 Å². The summed E-state index contributed by atoms with van der Waals surface area (Å²) < 4.78 is 25.3. The van der Waals surface area contributed by atoms with Crippen molar-refractivity contribution in [3.05, 3.63) is 28.8 Å². The van der Waals surface area contributed by atoms with E-state index in [9.17, 15) is 18.0 Å². The van der Waals surface area contributed by atoms with Crippen LogP contribution in [0.2, 0.25) is 5.02 Å². The zero-order valence-electron chi connectivity index (χ0n) is 10.6. The van der Waals surface area contributed by atoms with Gasteiger partial charge in [-0.25, -0.2) is 8.42 Å². The van der Waals surface area contributed by atoms with Crippen LogP contribution in [-0.4, -0.2) is 37.6 Å². The van der Waals surface area contributed by atoms with Crippen molar-refractivity contribution in [1.29, 1.82) is 5.26 Å². The number of primary amides is 2. The van der Waals surface area contributed by atoms with Crippen LogP contribution in [0.1, 0.15) is 5.56 Å². The highest BCUT2D eigenvalue weighted by Crippen LogP contribution is 2.25. The number of nitrogens with zero attached hydrogens (tertiary/aromatic N) is 2. The van der Waals surface area contributed by atoms with Crippen LogP contribution in [0.5, 0.6) is 0 Å². The second-order valence-corrected chi connectivity index (χ2v) is 6.28. The highest BCUT2D eigenvalue weighted by molar-refractivity contribution is 7.89. The molecule has 0 aliphatic rings. The van der Waals surface area contributed by atoms with Gasteiger partial charge in [-0.3, -0.25) is 9.59 Å². The average molecular weight is 331 g/mol. The summed E-state index contributed by atoms with van der Waals surface area (Å²) in [6, 6.07) is 5.30. The molecule has 1 aromatic carbocycles. The summed E-state index contributed by atoms with van der Waals surface area (Å²) >= 11 is 5.82. The first-order valence-electron chi connectivity index (χ1n) is 5.45. The number of amides is 2. The van der Waals surface area contributed by atoms with Crippen LogP contribution in [0.3, 0.4) is 0 Å². The lowest BCUT2D eigenvalue weighted by Crippen LogP contribution is -2.43. The topological polar surface area (TPSA) is 147 Å². The van der Waals surface area contributed by atoms with Crippen molar-refractivity contribution < 1.29 is 18.0 Å². The predicted octanol–water partition coefficient (Wildman–Crippen LogP) is -0.827. The normalized spacial score (nSPS) is 11.1. The van der Waals surface area contributed by atoms with Crippen molar-refractivity contribution in [3.63, 3.8) is 0 Å². The second-order valence-electron chi connectivity index (χ2n) is 3.96. The molecule has 1 rings (SSSR count). The lowest BCUT2D eigenvalue weighted by molar-refractivity contribution is -0.120. The molecule has 0 aromatic heterocycles. The summed E-state index contributed by atoms with van der Waals surface area (Å²) in [6.45, 7) is -1.44. The van der Waals surface area contributed by atoms with Gasteiger partial charge in [0.05, 0.1) is 29.7 Å². The Balaban J connectivity index is 3.31. The molecule has 4 N–H and O–H groups in total. The minimum absolute atomic E-state index is 0.162. The Morgan fingerprint density at radius 3 is 2.14 bits per heavy atom. The van der Waals surface area contributed by atoms with Crippen LogP contribution in [-0.2, 0) is 19.6 Å². The fourth-order valence-electron chi connectivity index (χ4n) is 1.49. The van der Waals surface area contributed by atoms with Crippen LogP contribution in [0.4, 0.5) is 0 Å². The van der Waals surface area contributed by atoms with Gasteiger partial charge in [0.25, 0.3) is 0 Å². The van der Waals surface area contributed by atoms with Crippen molar-refractivity contribution in [2.75, 3.05) is 13.1 Å². The molecular formula is C11H11ClN4O4S. The maximum atomic E-state index is 12.4. The summed E-state index contributed by atoms with van der Waals surface area (Å²) in [4.78, 5) is 21.5. The maximum Gasteiger partial charge on any atom is 0.245 e. The smallest absolute Gasteiger partial charge is 0.245 e. The second kappa shape index (κ2) is 6.53. The van der Waals surface area contributed by atoms with E-state index in [-0.39, 0.29) is 15.5 Å². The molecule has 0 heterocycles. The van der Waals surface area contributed by atoms with E-state index in [1.165, 1.54) is 6.07 Å². The number of carbonyl (C=O) groups is 2. The van der Waals surface area contributed by atoms with Gasteiger partial charge in [0.15, 0.2) is 0 Å². The van der Waals surface area contributed by atoms with Gasteiger partial charge in [0, 0.05) is 0 Å². The van der Waals surface area contributed by atoms with E-state index < -0.39 is 34.9 Å². The first kappa shape index (κ1) is 16.9. The Kier molecular flexibility index (Phi) is 5.26. The molecule has 0 aliphatic heterocycles. The standard InChI is InChI=1S/C11H11ClN4O4S/c12-8-3-7(4-13)1-2-9(8)21(19,20)16(5-10(14)17)6-11(15)18/h1-3H,5-6H2,(H2,14,17)(H2,15,18). The number of nitriles is 1. The molecular weight excluding hydrogens is 320 g/mol. The van der Waals surface area contributed by atoms with Gasteiger partial charge in [0.2, 0.25) is 21.8 Å². The van der Waals surface area contributed by atoms with Gasteiger partial charge in [-0.1, -0.05) is 11.6 Å². The highest BCUT2D eigenvalue weighted by Gasteiger charge is 2.29. The quantitative estimate of drug-likeness (QED) is 0.698. The van der Waals surface area contributed by atoms with Gasteiger partial charge < -0.3 is 11.5 Å². The third kappa shape index (κ3) is 4.16. The van der Waals surface area contributed by atoms with E-state index >= 15 is 0 Å². The average Bonchev–Trinajstić information content (AvgIpc) is 2.36. The number of rotatable bonds is 6. The Morgan fingerprint density at radius 2 is 1.76 bits per heavy atom. The van der Waals surface area contributed by atoms with Gasteiger partial charge in [-0.05, 0) is 18.2 Å². The molecule has 0 unspecified atom stereocenters. The molecule has 0 aliphatic carbocycles. The van der Waals surface area contributed by atoms with Crippen molar-refractivity contribution in [1.82, 2.24) is 4.31 Å². The number of nitrogens with two attached hydrogens (primary N) is 2. The van der Waals surface area contributed by atoms with Gasteiger partial charge in [0.1, 0.15) is 4.90 Å². The Labute approximate surface area is 125 Å². The van der Waals surface area contributed by atoms with Crippen molar-refractivity contribution in [2.24, 2.45) is 11.5 Å². The summed E-state index contributed by atoms with van der Waals surface area (Å²) in [5.41, 5.74) is 10.1. The Bertz CT molecular complexity index is 710. The van der Waals surface area contributed by atoms with Crippen LogP contribution >= 0.6 is 11.6 Å². The van der Waals surface area contributed by atoms with Crippen molar-refractivity contribution >= 4 is 33.4 Å². The molecule has 0 fully saturated rings. The van der Waals surface area contributed by atoms with E-state index in [1.54, 1.807) is 6.07 Å². The summed E-state index contributed by atoms with van der Waals surface area (Å²) in [6.07, 6.45) is 0. The zero-order chi connectivity index (χ0) is 16.2. The van der Waals surface area contributed by atoms with Crippen molar-refractivity contribution in [2.45, 2.75) is 4.90 Å². The SMILES string of the molecule is N#Cc1ccc(S(=O)(=O)N(CC(N)=O)CC(N)=O)c(Cl)c1. The van der Waals surface area contributed by atoms with Gasteiger partial charge in [-0.2, -0.15) is 9.57 Å². The number of benzene rings is 1. The maximum absolute atomic E-state index is 12.4. The van der Waals surface area contributed by atoms with E-state index in [0.29, 0.717) is 4.31 Å². The first-order chi connectivity index (χ1) is 9.68. The molecule has 0 saturated heterocycles. The van der Waals surface area contributed by atoms with E-state index in [2.05, 4.69) is 0 Å². The fraction of sp³-hybridized carbons (Fsp3) is 0.182. The van der Waals surface area contributed by atoms with E-state index in [0.717, 1.165) is 12.1 Å². The Morgan fingerprint density at radius 1 is 1.24 bits per heavy atom. The largest absolute Gasteiger partial charge is 0.369 e.